The number of benzene rings is 2. The van der Waals surface area contributed by atoms with Gasteiger partial charge in [-0.2, -0.15) is 0 Å². The molecule has 3 rings (SSSR count). The first-order valence-electron chi connectivity index (χ1n) is 7.32. The summed E-state index contributed by atoms with van der Waals surface area (Å²) in [6, 6.07) is 11.2. The number of ether oxygens (including phenoxy) is 1. The van der Waals surface area contributed by atoms with E-state index in [2.05, 4.69) is 0 Å². The second-order valence-electron chi connectivity index (χ2n) is 5.34. The molecule has 1 heterocycles. The van der Waals surface area contributed by atoms with Crippen LogP contribution in [0.2, 0.25) is 0 Å². The molecule has 1 aliphatic heterocycles. The highest BCUT2D eigenvalue weighted by Gasteiger charge is 2.34. The number of β-amino-alcohol motifs (C(OH)–C–C–N with tert-alkyl or cyclic N) is 1. The van der Waals surface area contributed by atoms with E-state index in [0.717, 1.165) is 0 Å². The first-order valence-corrected chi connectivity index (χ1v) is 7.32. The topological polar surface area (TPSA) is 75.8 Å². The van der Waals surface area contributed by atoms with Crippen molar-refractivity contribution in [1.29, 1.82) is 0 Å². The van der Waals surface area contributed by atoms with Crippen molar-refractivity contribution in [2.45, 2.75) is 12.5 Å². The minimum Gasteiger partial charge on any atom is -0.478 e. The van der Waals surface area contributed by atoms with Crippen LogP contribution in [0.25, 0.3) is 0 Å². The average molecular weight is 316 g/mol. The van der Waals surface area contributed by atoms with Gasteiger partial charge in [-0.15, -0.1) is 0 Å². The monoisotopic (exact) mass is 316 g/mol. The number of carbonyl (C=O) groups excluding carboxylic acids is 1. The number of carbonyl (C=O) groups is 1. The van der Waals surface area contributed by atoms with Crippen LogP contribution in [0.4, 0.5) is 15.8 Å². The number of aliphatic hydroxyl groups is 1. The minimum absolute atomic E-state index is 0.113. The van der Waals surface area contributed by atoms with Crippen molar-refractivity contribution >= 4 is 17.3 Å². The normalized spacial score (nSPS) is 16.9. The molecule has 1 aliphatic rings. The molecule has 6 heteroatoms. The fraction of sp³-hybridized carbons (Fsp3) is 0.235. The van der Waals surface area contributed by atoms with Gasteiger partial charge in [0.15, 0.2) is 6.10 Å². The Balaban J connectivity index is 1.93. The van der Waals surface area contributed by atoms with E-state index in [1.165, 1.54) is 11.0 Å². The van der Waals surface area contributed by atoms with Gasteiger partial charge in [0.1, 0.15) is 11.6 Å². The van der Waals surface area contributed by atoms with Crippen molar-refractivity contribution in [2.24, 2.45) is 0 Å². The lowest BCUT2D eigenvalue weighted by Gasteiger charge is -2.34. The Kier molecular flexibility index (Phi) is 4.16. The van der Waals surface area contributed by atoms with Gasteiger partial charge in [-0.1, -0.05) is 18.2 Å². The number of nitrogens with two attached hydrogens (primary N) is 1. The van der Waals surface area contributed by atoms with Crippen molar-refractivity contribution in [2.75, 3.05) is 23.8 Å². The van der Waals surface area contributed by atoms with Gasteiger partial charge in [-0.3, -0.25) is 4.79 Å². The molecule has 5 nitrogen and oxygen atoms in total. The summed E-state index contributed by atoms with van der Waals surface area (Å²) in [5.41, 5.74) is 7.23. The van der Waals surface area contributed by atoms with E-state index in [9.17, 15) is 14.3 Å². The Hall–Kier alpha value is -2.60. The van der Waals surface area contributed by atoms with Gasteiger partial charge in [0.25, 0.3) is 5.91 Å². The van der Waals surface area contributed by atoms with Crippen LogP contribution in [0.3, 0.4) is 0 Å². The molecule has 1 amide bonds. The molecule has 23 heavy (non-hydrogen) atoms. The maximum absolute atomic E-state index is 13.8. The third kappa shape index (κ3) is 2.98. The summed E-state index contributed by atoms with van der Waals surface area (Å²) in [6.07, 6.45) is -0.741. The maximum Gasteiger partial charge on any atom is 0.268 e. The van der Waals surface area contributed by atoms with Crippen LogP contribution in [-0.2, 0) is 11.2 Å². The van der Waals surface area contributed by atoms with Crippen LogP contribution in [0, 0.1) is 5.82 Å². The van der Waals surface area contributed by atoms with Gasteiger partial charge in [-0.25, -0.2) is 4.39 Å². The van der Waals surface area contributed by atoms with Crippen molar-refractivity contribution in [3.05, 3.63) is 53.8 Å². The number of nitrogen functional groups attached to an aromatic ring is 1. The summed E-state index contributed by atoms with van der Waals surface area (Å²) in [5, 5.41) is 9.22. The smallest absolute Gasteiger partial charge is 0.268 e. The van der Waals surface area contributed by atoms with Gasteiger partial charge >= 0.3 is 0 Å². The molecule has 0 radical (unpaired) electrons. The van der Waals surface area contributed by atoms with Crippen LogP contribution in [-0.4, -0.2) is 30.3 Å². The third-order valence-electron chi connectivity index (χ3n) is 3.77. The van der Waals surface area contributed by atoms with Crippen LogP contribution < -0.4 is 15.4 Å². The number of aliphatic hydroxyl groups excluding tert-OH is 1. The van der Waals surface area contributed by atoms with Crippen molar-refractivity contribution in [1.82, 2.24) is 0 Å². The number of rotatable bonds is 4. The van der Waals surface area contributed by atoms with Crippen LogP contribution >= 0.6 is 0 Å². The summed E-state index contributed by atoms with van der Waals surface area (Å²) in [4.78, 5) is 14.1. The van der Waals surface area contributed by atoms with Crippen LogP contribution in [0.1, 0.15) is 5.56 Å². The molecular weight excluding hydrogens is 299 g/mol. The fourth-order valence-corrected chi connectivity index (χ4v) is 2.67. The second-order valence-corrected chi connectivity index (χ2v) is 5.34. The number of hydrogen-bond acceptors (Lipinski definition) is 4. The summed E-state index contributed by atoms with van der Waals surface area (Å²) < 4.78 is 19.6. The molecule has 0 aliphatic carbocycles. The first-order chi connectivity index (χ1) is 11.1. The zero-order valence-electron chi connectivity index (χ0n) is 12.4. The molecule has 3 N–H and O–H groups in total. The van der Waals surface area contributed by atoms with E-state index in [-0.39, 0.29) is 31.3 Å². The van der Waals surface area contributed by atoms with Crippen LogP contribution in [0.5, 0.6) is 5.75 Å². The van der Waals surface area contributed by atoms with Crippen molar-refractivity contribution in [3.8, 4) is 5.75 Å². The number of halogens is 1. The summed E-state index contributed by atoms with van der Waals surface area (Å²) in [7, 11) is 0. The molecule has 120 valence electrons. The highest BCUT2D eigenvalue weighted by molar-refractivity contribution is 6.00. The molecule has 1 atom stereocenters. The molecule has 0 aromatic heterocycles. The molecule has 2 aromatic carbocycles. The maximum atomic E-state index is 13.8. The van der Waals surface area contributed by atoms with Gasteiger partial charge < -0.3 is 20.5 Å². The molecule has 0 bridgehead atoms. The number of anilines is 2. The van der Waals surface area contributed by atoms with E-state index < -0.39 is 6.10 Å². The molecule has 0 saturated carbocycles. The molecule has 0 spiro atoms. The SMILES string of the molecule is Nc1ccc2c(c1)OC(Cc1ccccc1F)C(=O)N2CCO. The first kappa shape index (κ1) is 15.3. The molecule has 0 saturated heterocycles. The Bertz CT molecular complexity index is 736. The van der Waals surface area contributed by atoms with E-state index in [4.69, 9.17) is 10.5 Å². The summed E-state index contributed by atoms with van der Waals surface area (Å²) >= 11 is 0. The van der Waals surface area contributed by atoms with Crippen molar-refractivity contribution in [3.63, 3.8) is 0 Å². The number of amides is 1. The van der Waals surface area contributed by atoms with E-state index in [1.807, 2.05) is 0 Å². The lowest BCUT2D eigenvalue weighted by Crippen LogP contribution is -2.48. The van der Waals surface area contributed by atoms with Gasteiger partial charge in [-0.05, 0) is 23.8 Å². The average Bonchev–Trinajstić information content (AvgIpc) is 2.53. The summed E-state index contributed by atoms with van der Waals surface area (Å²) in [6.45, 7) is -0.0329. The Morgan fingerprint density at radius 1 is 1.26 bits per heavy atom. The predicted molar refractivity (Wildman–Crippen MR) is 84.8 cm³/mol. The number of nitrogens with zero attached hydrogens (tertiary/aromatic N) is 1. The lowest BCUT2D eigenvalue weighted by atomic mass is 10.0. The zero-order chi connectivity index (χ0) is 16.4. The lowest BCUT2D eigenvalue weighted by molar-refractivity contribution is -0.126. The molecular formula is C17H17FN2O3. The quantitative estimate of drug-likeness (QED) is 0.843. The second kappa shape index (κ2) is 6.26. The Morgan fingerprint density at radius 2 is 2.04 bits per heavy atom. The van der Waals surface area contributed by atoms with Crippen molar-refractivity contribution < 1.29 is 19.0 Å². The highest BCUT2D eigenvalue weighted by Crippen LogP contribution is 2.36. The van der Waals surface area contributed by atoms with E-state index >= 15 is 0 Å². The number of fused-ring (bicyclic) bond motifs is 1. The van der Waals surface area contributed by atoms with E-state index in [0.29, 0.717) is 22.7 Å². The standard InChI is InChI=1S/C17H17FN2O3/c18-13-4-2-1-3-11(13)9-16-17(22)20(7-8-21)14-6-5-12(19)10-15(14)23-16/h1-6,10,16,21H,7-9,19H2. The highest BCUT2D eigenvalue weighted by atomic mass is 19.1. The molecule has 2 aromatic rings. The minimum atomic E-state index is -0.854. The third-order valence-corrected chi connectivity index (χ3v) is 3.77. The number of hydrogen-bond donors (Lipinski definition) is 2. The largest absolute Gasteiger partial charge is 0.478 e. The van der Waals surface area contributed by atoms with Gasteiger partial charge in [0.05, 0.1) is 12.3 Å². The fourth-order valence-electron chi connectivity index (χ4n) is 2.67. The van der Waals surface area contributed by atoms with Gasteiger partial charge in [0, 0.05) is 24.7 Å². The Morgan fingerprint density at radius 3 is 2.78 bits per heavy atom. The zero-order valence-corrected chi connectivity index (χ0v) is 12.4. The summed E-state index contributed by atoms with van der Waals surface area (Å²) in [5.74, 6) is -0.227. The molecule has 1 unspecified atom stereocenters. The molecule has 0 fully saturated rings. The predicted octanol–water partition coefficient (Wildman–Crippen LogP) is 1.74. The van der Waals surface area contributed by atoms with E-state index in [1.54, 1.807) is 36.4 Å². The van der Waals surface area contributed by atoms with Gasteiger partial charge in [0.2, 0.25) is 0 Å². The van der Waals surface area contributed by atoms with Crippen LogP contribution in [0.15, 0.2) is 42.5 Å². The Labute approximate surface area is 133 Å².